The molecule has 1 atom stereocenters. The van der Waals surface area contributed by atoms with Crippen LogP contribution in [0.3, 0.4) is 0 Å². The van der Waals surface area contributed by atoms with Gasteiger partial charge < -0.3 is 10.4 Å². The topological polar surface area (TPSA) is 79.3 Å². The van der Waals surface area contributed by atoms with Crippen molar-refractivity contribution < 1.29 is 14.7 Å². The number of carboxylic acids is 1. The Balaban J connectivity index is 2.03. The smallest absolute Gasteiger partial charge is 0.338 e. The molecule has 0 bridgehead atoms. The van der Waals surface area contributed by atoms with Crippen molar-refractivity contribution in [1.82, 2.24) is 10.3 Å². The second-order valence-corrected chi connectivity index (χ2v) is 5.53. The molecule has 96 valence electrons. The van der Waals surface area contributed by atoms with Gasteiger partial charge in [-0.1, -0.05) is 11.8 Å². The predicted molar refractivity (Wildman–Crippen MR) is 67.7 cm³/mol. The molecular formula is C12H14N2O3S. The maximum atomic E-state index is 11.8. The van der Waals surface area contributed by atoms with Crippen LogP contribution in [0.4, 0.5) is 0 Å². The molecule has 2 rings (SSSR count). The Morgan fingerprint density at radius 1 is 1.56 bits per heavy atom. The molecule has 0 spiro atoms. The van der Waals surface area contributed by atoms with Gasteiger partial charge in [0.2, 0.25) is 5.91 Å². The second-order valence-electron chi connectivity index (χ2n) is 4.20. The lowest BCUT2D eigenvalue weighted by Crippen LogP contribution is -2.32. The van der Waals surface area contributed by atoms with Crippen LogP contribution < -0.4 is 5.32 Å². The van der Waals surface area contributed by atoms with Crippen LogP contribution in [0.1, 0.15) is 30.1 Å². The summed E-state index contributed by atoms with van der Waals surface area (Å²) in [7, 11) is 0. The fraction of sp³-hybridized carbons (Fsp3) is 0.417. The number of carbonyl (C=O) groups excluding carboxylic acids is 1. The lowest BCUT2D eigenvalue weighted by Gasteiger charge is -2.11. The first-order valence-corrected chi connectivity index (χ1v) is 6.61. The first-order valence-electron chi connectivity index (χ1n) is 5.73. The predicted octanol–water partition coefficient (Wildman–Crippen LogP) is 1.54. The van der Waals surface area contributed by atoms with Crippen LogP contribution in [0.15, 0.2) is 23.4 Å². The molecular weight excluding hydrogens is 252 g/mol. The zero-order chi connectivity index (χ0) is 13.1. The summed E-state index contributed by atoms with van der Waals surface area (Å²) < 4.78 is 0. The zero-order valence-electron chi connectivity index (χ0n) is 9.92. The van der Waals surface area contributed by atoms with Crippen LogP contribution in [-0.2, 0) is 4.79 Å². The van der Waals surface area contributed by atoms with Crippen LogP contribution in [-0.4, -0.2) is 33.3 Å². The molecule has 0 radical (unpaired) electrons. The van der Waals surface area contributed by atoms with E-state index >= 15 is 0 Å². The van der Waals surface area contributed by atoms with E-state index in [0.29, 0.717) is 11.1 Å². The van der Waals surface area contributed by atoms with Crippen molar-refractivity contribution in [2.75, 3.05) is 0 Å². The molecule has 1 aliphatic carbocycles. The molecule has 5 nitrogen and oxygen atoms in total. The minimum absolute atomic E-state index is 0.0653. The van der Waals surface area contributed by atoms with Crippen molar-refractivity contribution in [3.63, 3.8) is 0 Å². The van der Waals surface area contributed by atoms with Gasteiger partial charge in [-0.25, -0.2) is 9.78 Å². The molecule has 18 heavy (non-hydrogen) atoms. The first-order chi connectivity index (χ1) is 8.58. The lowest BCUT2D eigenvalue weighted by molar-refractivity contribution is -0.120. The highest BCUT2D eigenvalue weighted by atomic mass is 32.2. The minimum atomic E-state index is -1.03. The van der Waals surface area contributed by atoms with Gasteiger partial charge in [0.1, 0.15) is 5.03 Å². The molecule has 1 aromatic rings. The van der Waals surface area contributed by atoms with Gasteiger partial charge in [0.25, 0.3) is 0 Å². The molecule has 1 aliphatic rings. The maximum absolute atomic E-state index is 11.8. The van der Waals surface area contributed by atoms with Crippen molar-refractivity contribution in [2.24, 2.45) is 0 Å². The quantitative estimate of drug-likeness (QED) is 0.790. The Morgan fingerprint density at radius 2 is 2.28 bits per heavy atom. The summed E-state index contributed by atoms with van der Waals surface area (Å²) >= 11 is 1.17. The number of hydrogen-bond acceptors (Lipinski definition) is 4. The van der Waals surface area contributed by atoms with Gasteiger partial charge in [-0.05, 0) is 31.9 Å². The SMILES string of the molecule is CC(Sc1ncccc1C(=O)O)C(=O)NC1CC1. The Kier molecular flexibility index (Phi) is 3.86. The van der Waals surface area contributed by atoms with Crippen molar-refractivity contribution in [2.45, 2.75) is 36.1 Å². The minimum Gasteiger partial charge on any atom is -0.478 e. The Morgan fingerprint density at radius 3 is 2.89 bits per heavy atom. The van der Waals surface area contributed by atoms with Crippen molar-refractivity contribution in [1.29, 1.82) is 0 Å². The number of thioether (sulfide) groups is 1. The maximum Gasteiger partial charge on any atom is 0.338 e. The number of pyridine rings is 1. The highest BCUT2D eigenvalue weighted by Gasteiger charge is 2.26. The average Bonchev–Trinajstić information content (AvgIpc) is 3.13. The number of carboxylic acid groups (broad SMARTS) is 1. The average molecular weight is 266 g/mol. The molecule has 1 aromatic heterocycles. The van der Waals surface area contributed by atoms with Crippen LogP contribution in [0, 0.1) is 0 Å². The van der Waals surface area contributed by atoms with Gasteiger partial charge in [-0.15, -0.1) is 0 Å². The Bertz CT molecular complexity index is 474. The summed E-state index contributed by atoms with van der Waals surface area (Å²) in [5.41, 5.74) is 0.133. The second kappa shape index (κ2) is 5.39. The van der Waals surface area contributed by atoms with Crippen LogP contribution in [0.5, 0.6) is 0 Å². The summed E-state index contributed by atoms with van der Waals surface area (Å²) in [6, 6.07) is 3.37. The zero-order valence-corrected chi connectivity index (χ0v) is 10.7. The number of rotatable bonds is 5. The summed E-state index contributed by atoms with van der Waals surface area (Å²) in [5.74, 6) is -1.09. The normalized spacial score (nSPS) is 16.1. The lowest BCUT2D eigenvalue weighted by atomic mass is 10.3. The summed E-state index contributed by atoms with van der Waals surface area (Å²) in [6.07, 6.45) is 3.60. The number of nitrogens with one attached hydrogen (secondary N) is 1. The molecule has 6 heteroatoms. The van der Waals surface area contributed by atoms with Crippen molar-refractivity contribution in [3.05, 3.63) is 23.9 Å². The number of amides is 1. The molecule has 0 aliphatic heterocycles. The third-order valence-corrected chi connectivity index (χ3v) is 3.70. The van der Waals surface area contributed by atoms with E-state index in [1.807, 2.05) is 0 Å². The molecule has 2 N–H and O–H groups in total. The summed E-state index contributed by atoms with van der Waals surface area (Å²) in [5, 5.41) is 11.9. The highest BCUT2D eigenvalue weighted by molar-refractivity contribution is 8.00. The molecule has 1 amide bonds. The molecule has 1 heterocycles. The number of carbonyl (C=O) groups is 2. The van der Waals surface area contributed by atoms with E-state index < -0.39 is 5.97 Å². The van der Waals surface area contributed by atoms with Gasteiger partial charge in [0, 0.05) is 12.2 Å². The fourth-order valence-electron chi connectivity index (χ4n) is 1.41. The summed E-state index contributed by atoms with van der Waals surface area (Å²) in [4.78, 5) is 26.8. The van der Waals surface area contributed by atoms with E-state index in [-0.39, 0.29) is 16.7 Å². The molecule has 1 fully saturated rings. The van der Waals surface area contributed by atoms with E-state index in [1.165, 1.54) is 24.0 Å². The summed E-state index contributed by atoms with van der Waals surface area (Å²) in [6.45, 7) is 1.75. The van der Waals surface area contributed by atoms with Gasteiger partial charge in [-0.2, -0.15) is 0 Å². The van der Waals surface area contributed by atoms with Crippen molar-refractivity contribution >= 4 is 23.6 Å². The standard InChI is InChI=1S/C12H14N2O3S/c1-7(10(15)14-8-4-5-8)18-11-9(12(16)17)3-2-6-13-11/h2-3,6-8H,4-5H2,1H3,(H,14,15)(H,16,17). The number of nitrogens with zero attached hydrogens (tertiary/aromatic N) is 1. The Hall–Kier alpha value is -1.56. The third-order valence-electron chi connectivity index (χ3n) is 2.58. The van der Waals surface area contributed by atoms with E-state index in [9.17, 15) is 9.59 Å². The molecule has 0 aromatic carbocycles. The van der Waals surface area contributed by atoms with E-state index in [1.54, 1.807) is 13.0 Å². The van der Waals surface area contributed by atoms with Gasteiger partial charge in [-0.3, -0.25) is 4.79 Å². The van der Waals surface area contributed by atoms with Crippen LogP contribution in [0.25, 0.3) is 0 Å². The Labute approximate surface area is 109 Å². The van der Waals surface area contributed by atoms with Gasteiger partial charge in [0.05, 0.1) is 10.8 Å². The van der Waals surface area contributed by atoms with E-state index in [2.05, 4.69) is 10.3 Å². The molecule has 1 saturated carbocycles. The number of aromatic carboxylic acids is 1. The van der Waals surface area contributed by atoms with E-state index in [0.717, 1.165) is 12.8 Å². The largest absolute Gasteiger partial charge is 0.478 e. The third kappa shape index (κ3) is 3.22. The first kappa shape index (κ1) is 12.9. The monoisotopic (exact) mass is 266 g/mol. The van der Waals surface area contributed by atoms with Gasteiger partial charge >= 0.3 is 5.97 Å². The van der Waals surface area contributed by atoms with E-state index in [4.69, 9.17) is 5.11 Å². The van der Waals surface area contributed by atoms with Gasteiger partial charge in [0.15, 0.2) is 0 Å². The van der Waals surface area contributed by atoms with Crippen LogP contribution >= 0.6 is 11.8 Å². The highest BCUT2D eigenvalue weighted by Crippen LogP contribution is 2.26. The molecule has 0 saturated heterocycles. The molecule has 1 unspecified atom stereocenters. The fourth-order valence-corrected chi connectivity index (χ4v) is 2.33. The van der Waals surface area contributed by atoms with Crippen LogP contribution in [0.2, 0.25) is 0 Å². The number of hydrogen-bond donors (Lipinski definition) is 2. The number of aromatic nitrogens is 1. The van der Waals surface area contributed by atoms with Crippen molar-refractivity contribution in [3.8, 4) is 0 Å².